The summed E-state index contributed by atoms with van der Waals surface area (Å²) in [7, 11) is 4.87. The molecule has 1 unspecified atom stereocenters. The molecule has 2 amide bonds. The minimum Gasteiger partial charge on any atom is -0.497 e. The van der Waals surface area contributed by atoms with Crippen LogP contribution in [-0.4, -0.2) is 46.3 Å². The Bertz CT molecular complexity index is 1050. The highest BCUT2D eigenvalue weighted by Gasteiger charge is 2.24. The van der Waals surface area contributed by atoms with E-state index in [-0.39, 0.29) is 23.1 Å². The Kier molecular flexibility index (Phi) is 12.6. The van der Waals surface area contributed by atoms with Crippen molar-refractivity contribution in [2.24, 2.45) is 0 Å². The van der Waals surface area contributed by atoms with Crippen molar-refractivity contribution >= 4 is 17.5 Å². The van der Waals surface area contributed by atoms with Crippen molar-refractivity contribution in [1.29, 1.82) is 0 Å². The highest BCUT2D eigenvalue weighted by Crippen LogP contribution is 2.36. The molecule has 0 aliphatic carbocycles. The van der Waals surface area contributed by atoms with Crippen LogP contribution in [-0.2, 0) is 14.9 Å². The summed E-state index contributed by atoms with van der Waals surface area (Å²) >= 11 is 0. The lowest BCUT2D eigenvalue weighted by atomic mass is 9.84. The van der Waals surface area contributed by atoms with Gasteiger partial charge in [0, 0.05) is 37.4 Å². The molecule has 0 bridgehead atoms. The van der Waals surface area contributed by atoms with E-state index in [2.05, 4.69) is 38.3 Å². The van der Waals surface area contributed by atoms with E-state index < -0.39 is 0 Å². The summed E-state index contributed by atoms with van der Waals surface area (Å²) in [6, 6.07) is 11.3. The largest absolute Gasteiger partial charge is 0.497 e. The van der Waals surface area contributed by atoms with E-state index in [9.17, 15) is 9.59 Å². The van der Waals surface area contributed by atoms with Crippen LogP contribution >= 0.6 is 0 Å². The summed E-state index contributed by atoms with van der Waals surface area (Å²) in [5.41, 5.74) is 2.92. The summed E-state index contributed by atoms with van der Waals surface area (Å²) < 4.78 is 16.1. The molecule has 210 valence electrons. The maximum absolute atomic E-state index is 13.5. The third-order valence-corrected chi connectivity index (χ3v) is 6.67. The Morgan fingerprint density at radius 1 is 0.947 bits per heavy atom. The van der Waals surface area contributed by atoms with Crippen molar-refractivity contribution in [3.63, 3.8) is 0 Å². The van der Waals surface area contributed by atoms with Crippen LogP contribution in [0, 0.1) is 0 Å². The van der Waals surface area contributed by atoms with Crippen LogP contribution in [0.2, 0.25) is 0 Å². The van der Waals surface area contributed by atoms with Crippen molar-refractivity contribution < 1.29 is 23.8 Å². The molecular weight excluding hydrogens is 480 g/mol. The molecular formula is C31H46N2O5. The molecule has 0 heterocycles. The van der Waals surface area contributed by atoms with Crippen molar-refractivity contribution in [3.05, 3.63) is 53.1 Å². The number of hydrogen-bond acceptors (Lipinski definition) is 5. The fraction of sp³-hybridized carbons (Fsp3) is 0.548. The Labute approximate surface area is 228 Å². The molecule has 0 aromatic heterocycles. The number of unbranched alkanes of at least 4 members (excludes halogenated alkanes) is 3. The van der Waals surface area contributed by atoms with Gasteiger partial charge in [-0.2, -0.15) is 0 Å². The van der Waals surface area contributed by atoms with Gasteiger partial charge >= 0.3 is 0 Å². The van der Waals surface area contributed by atoms with E-state index >= 15 is 0 Å². The van der Waals surface area contributed by atoms with E-state index in [1.807, 2.05) is 24.3 Å². The number of hydrogen-bond donors (Lipinski definition) is 2. The standard InChI is InChI=1S/C31H46N2O5/c1-8-9-10-11-12-22(25-15-14-24(37-6)21-28(25)38-7)20-29(34)33-27-19-23(30(35)32-17-18-36-5)13-16-26(27)31(2,3)4/h13-16,19,21-22H,8-12,17-18,20H2,1-7H3,(H,32,35)(H,33,34). The van der Waals surface area contributed by atoms with E-state index in [4.69, 9.17) is 14.2 Å². The first-order valence-corrected chi connectivity index (χ1v) is 13.6. The van der Waals surface area contributed by atoms with Crippen LogP contribution in [0.4, 0.5) is 5.69 Å². The SMILES string of the molecule is CCCCCCC(CC(=O)Nc1cc(C(=O)NCCOC)ccc1C(C)(C)C)c1ccc(OC)cc1OC. The van der Waals surface area contributed by atoms with Crippen LogP contribution < -0.4 is 20.1 Å². The lowest BCUT2D eigenvalue weighted by molar-refractivity contribution is -0.116. The molecule has 0 radical (unpaired) electrons. The molecule has 7 nitrogen and oxygen atoms in total. The number of rotatable bonds is 15. The van der Waals surface area contributed by atoms with Crippen LogP contribution in [0.5, 0.6) is 11.5 Å². The van der Waals surface area contributed by atoms with Crippen LogP contribution in [0.3, 0.4) is 0 Å². The van der Waals surface area contributed by atoms with Gasteiger partial charge < -0.3 is 24.8 Å². The third-order valence-electron chi connectivity index (χ3n) is 6.67. The minimum atomic E-state index is -0.216. The number of anilines is 1. The van der Waals surface area contributed by atoms with Gasteiger partial charge in [0.1, 0.15) is 11.5 Å². The zero-order chi connectivity index (χ0) is 28.1. The number of carbonyl (C=O) groups is 2. The Balaban J connectivity index is 2.31. The van der Waals surface area contributed by atoms with E-state index in [0.29, 0.717) is 30.8 Å². The second kappa shape index (κ2) is 15.4. The predicted molar refractivity (Wildman–Crippen MR) is 154 cm³/mol. The number of amides is 2. The summed E-state index contributed by atoms with van der Waals surface area (Å²) in [5.74, 6) is 1.14. The first kappa shape index (κ1) is 31.2. The van der Waals surface area contributed by atoms with E-state index in [0.717, 1.165) is 48.3 Å². The molecule has 1 atom stereocenters. The van der Waals surface area contributed by atoms with Gasteiger partial charge in [-0.1, -0.05) is 65.5 Å². The Morgan fingerprint density at radius 2 is 1.71 bits per heavy atom. The second-order valence-corrected chi connectivity index (χ2v) is 10.7. The quantitative estimate of drug-likeness (QED) is 0.260. The zero-order valence-corrected chi connectivity index (χ0v) is 24.2. The summed E-state index contributed by atoms with van der Waals surface area (Å²) in [4.78, 5) is 26.2. The van der Waals surface area contributed by atoms with E-state index in [1.54, 1.807) is 33.5 Å². The fourth-order valence-electron chi connectivity index (χ4n) is 4.58. The molecule has 0 saturated heterocycles. The lowest BCUT2D eigenvalue weighted by Crippen LogP contribution is -2.27. The van der Waals surface area contributed by atoms with Gasteiger partial charge in [-0.05, 0) is 47.1 Å². The second-order valence-electron chi connectivity index (χ2n) is 10.7. The lowest BCUT2D eigenvalue weighted by Gasteiger charge is -2.25. The molecule has 0 aliphatic rings. The van der Waals surface area contributed by atoms with Crippen LogP contribution in [0.25, 0.3) is 0 Å². The number of nitrogens with one attached hydrogen (secondary N) is 2. The summed E-state index contributed by atoms with van der Waals surface area (Å²) in [5, 5.41) is 5.98. The van der Waals surface area contributed by atoms with Gasteiger partial charge in [0.2, 0.25) is 5.91 Å². The zero-order valence-electron chi connectivity index (χ0n) is 24.2. The highest BCUT2D eigenvalue weighted by atomic mass is 16.5. The van der Waals surface area contributed by atoms with Crippen LogP contribution in [0.15, 0.2) is 36.4 Å². The molecule has 0 fully saturated rings. The number of benzene rings is 2. The van der Waals surface area contributed by atoms with Gasteiger partial charge in [0.15, 0.2) is 0 Å². The molecule has 2 aromatic carbocycles. The number of methoxy groups -OCH3 is 3. The molecule has 2 N–H and O–H groups in total. The summed E-state index contributed by atoms with van der Waals surface area (Å²) in [6.07, 6.45) is 5.68. The average molecular weight is 527 g/mol. The minimum absolute atomic E-state index is 0.00803. The molecule has 0 spiro atoms. The van der Waals surface area contributed by atoms with E-state index in [1.165, 1.54) is 6.42 Å². The van der Waals surface area contributed by atoms with Gasteiger partial charge in [0.25, 0.3) is 5.91 Å². The van der Waals surface area contributed by atoms with Crippen molar-refractivity contribution in [2.75, 3.05) is 39.8 Å². The van der Waals surface area contributed by atoms with Crippen molar-refractivity contribution in [2.45, 2.75) is 77.6 Å². The van der Waals surface area contributed by atoms with Gasteiger partial charge in [-0.15, -0.1) is 0 Å². The summed E-state index contributed by atoms with van der Waals surface area (Å²) in [6.45, 7) is 9.32. The monoisotopic (exact) mass is 526 g/mol. The van der Waals surface area contributed by atoms with Gasteiger partial charge in [0.05, 0.1) is 20.8 Å². The smallest absolute Gasteiger partial charge is 0.251 e. The molecule has 2 rings (SSSR count). The predicted octanol–water partition coefficient (Wildman–Crippen LogP) is 6.46. The average Bonchev–Trinajstić information content (AvgIpc) is 2.89. The van der Waals surface area contributed by atoms with Crippen molar-refractivity contribution in [3.8, 4) is 11.5 Å². The Morgan fingerprint density at radius 3 is 2.34 bits per heavy atom. The van der Waals surface area contributed by atoms with Crippen LogP contribution in [0.1, 0.15) is 93.6 Å². The molecule has 7 heteroatoms. The third kappa shape index (κ3) is 9.35. The maximum atomic E-state index is 13.5. The first-order chi connectivity index (χ1) is 18.1. The molecule has 2 aromatic rings. The normalized spacial score (nSPS) is 12.1. The fourth-order valence-corrected chi connectivity index (χ4v) is 4.58. The molecule has 0 saturated carbocycles. The topological polar surface area (TPSA) is 85.9 Å². The number of carbonyl (C=O) groups excluding carboxylic acids is 2. The molecule has 0 aliphatic heterocycles. The van der Waals surface area contributed by atoms with Gasteiger partial charge in [-0.3, -0.25) is 9.59 Å². The first-order valence-electron chi connectivity index (χ1n) is 13.6. The highest BCUT2D eigenvalue weighted by molar-refractivity contribution is 5.98. The van der Waals surface area contributed by atoms with Crippen molar-refractivity contribution in [1.82, 2.24) is 5.32 Å². The van der Waals surface area contributed by atoms with Gasteiger partial charge in [-0.25, -0.2) is 0 Å². The molecule has 38 heavy (non-hydrogen) atoms. The maximum Gasteiger partial charge on any atom is 0.251 e. The Hall–Kier alpha value is -3.06. The number of ether oxygens (including phenoxy) is 3.